The van der Waals surface area contributed by atoms with Crippen LogP contribution in [-0.4, -0.2) is 29.1 Å². The third-order valence-electron chi connectivity index (χ3n) is 3.23. The highest BCUT2D eigenvalue weighted by Gasteiger charge is 2.21. The van der Waals surface area contributed by atoms with Crippen molar-refractivity contribution in [2.75, 3.05) is 0 Å². The number of halogens is 2. The molecule has 0 aliphatic carbocycles. The van der Waals surface area contributed by atoms with Gasteiger partial charge in [0.2, 0.25) is 5.91 Å². The fourth-order valence-electron chi connectivity index (χ4n) is 2.02. The molecule has 0 fully saturated rings. The number of carbonyl (C=O) groups is 2. The summed E-state index contributed by atoms with van der Waals surface area (Å²) >= 11 is 0. The second-order valence-electron chi connectivity index (χ2n) is 5.85. The number of aliphatic carboxylic acids is 1. The number of carbonyl (C=O) groups excluding carboxylic acids is 1. The Balaban J connectivity index is 2.42. The largest absolute Gasteiger partial charge is 0.481 e. The van der Waals surface area contributed by atoms with Crippen LogP contribution in [0, 0.1) is 0 Å². The van der Waals surface area contributed by atoms with Crippen molar-refractivity contribution in [2.45, 2.75) is 51.7 Å². The topological polar surface area (TPSA) is 75.6 Å². The van der Waals surface area contributed by atoms with Gasteiger partial charge in [-0.3, -0.25) is 9.59 Å². The Kier molecular flexibility index (Phi) is 6.93. The molecular weight excluding hydrogens is 308 g/mol. The number of amides is 1. The zero-order valence-corrected chi connectivity index (χ0v) is 13.1. The number of rotatable bonds is 9. The van der Waals surface area contributed by atoms with E-state index in [0.29, 0.717) is 12.8 Å². The van der Waals surface area contributed by atoms with Crippen LogP contribution in [0.25, 0.3) is 0 Å². The number of carboxylic acids is 1. The molecule has 0 radical (unpaired) electrons. The Hall–Kier alpha value is -2.18. The Bertz CT molecular complexity index is 529. The minimum Gasteiger partial charge on any atom is -0.481 e. The number of aryl methyl sites for hydroxylation is 1. The van der Waals surface area contributed by atoms with Crippen LogP contribution < -0.4 is 10.1 Å². The second kappa shape index (κ2) is 8.45. The van der Waals surface area contributed by atoms with E-state index in [4.69, 9.17) is 5.11 Å². The Morgan fingerprint density at radius 1 is 1.22 bits per heavy atom. The smallest absolute Gasteiger partial charge is 0.387 e. The van der Waals surface area contributed by atoms with Gasteiger partial charge >= 0.3 is 12.6 Å². The average molecular weight is 329 g/mol. The summed E-state index contributed by atoms with van der Waals surface area (Å²) in [7, 11) is 0. The molecule has 0 saturated carbocycles. The predicted molar refractivity (Wildman–Crippen MR) is 80.5 cm³/mol. The monoisotopic (exact) mass is 329 g/mol. The van der Waals surface area contributed by atoms with Crippen molar-refractivity contribution in [3.8, 4) is 5.75 Å². The SMILES string of the molecule is CC(C)(CCC(=O)O)NC(=O)CCc1ccc(OC(F)F)cc1. The molecule has 1 aromatic carbocycles. The van der Waals surface area contributed by atoms with Crippen molar-refractivity contribution >= 4 is 11.9 Å². The van der Waals surface area contributed by atoms with Gasteiger partial charge in [-0.05, 0) is 44.4 Å². The lowest BCUT2D eigenvalue weighted by atomic mass is 9.98. The lowest BCUT2D eigenvalue weighted by Crippen LogP contribution is -2.43. The number of benzene rings is 1. The lowest BCUT2D eigenvalue weighted by molar-refractivity contribution is -0.137. The minimum absolute atomic E-state index is 0.0150. The molecule has 0 saturated heterocycles. The van der Waals surface area contributed by atoms with Crippen LogP contribution in [-0.2, 0) is 16.0 Å². The number of alkyl halides is 2. The minimum atomic E-state index is -2.86. The van der Waals surface area contributed by atoms with Crippen molar-refractivity contribution in [1.29, 1.82) is 0 Å². The number of carboxylic acid groups (broad SMARTS) is 1. The molecular formula is C16H21F2NO4. The maximum absolute atomic E-state index is 12.0. The molecule has 0 spiro atoms. The van der Waals surface area contributed by atoms with Crippen molar-refractivity contribution in [3.63, 3.8) is 0 Å². The molecule has 0 unspecified atom stereocenters. The number of ether oxygens (including phenoxy) is 1. The molecule has 128 valence electrons. The van der Waals surface area contributed by atoms with Crippen molar-refractivity contribution in [3.05, 3.63) is 29.8 Å². The summed E-state index contributed by atoms with van der Waals surface area (Å²) in [5.74, 6) is -1.02. The van der Waals surface area contributed by atoms with E-state index in [2.05, 4.69) is 10.1 Å². The molecule has 0 atom stereocenters. The molecule has 1 amide bonds. The van der Waals surface area contributed by atoms with Crippen LogP contribution in [0.5, 0.6) is 5.75 Å². The van der Waals surface area contributed by atoms with Gasteiger partial charge in [-0.25, -0.2) is 0 Å². The van der Waals surface area contributed by atoms with E-state index in [-0.39, 0.29) is 24.5 Å². The Morgan fingerprint density at radius 2 is 1.83 bits per heavy atom. The molecule has 7 heteroatoms. The lowest BCUT2D eigenvalue weighted by Gasteiger charge is -2.25. The average Bonchev–Trinajstić information content (AvgIpc) is 2.43. The van der Waals surface area contributed by atoms with Gasteiger partial charge in [0, 0.05) is 18.4 Å². The van der Waals surface area contributed by atoms with Crippen LogP contribution >= 0.6 is 0 Å². The molecule has 23 heavy (non-hydrogen) atoms. The highest BCUT2D eigenvalue weighted by atomic mass is 19.3. The second-order valence-corrected chi connectivity index (χ2v) is 5.85. The van der Waals surface area contributed by atoms with Crippen LogP contribution in [0.15, 0.2) is 24.3 Å². The van der Waals surface area contributed by atoms with E-state index < -0.39 is 18.1 Å². The molecule has 0 aromatic heterocycles. The third-order valence-corrected chi connectivity index (χ3v) is 3.23. The summed E-state index contributed by atoms with van der Waals surface area (Å²) in [5.41, 5.74) is 0.231. The van der Waals surface area contributed by atoms with Crippen molar-refractivity contribution < 1.29 is 28.2 Å². The van der Waals surface area contributed by atoms with Gasteiger partial charge in [-0.1, -0.05) is 12.1 Å². The zero-order valence-electron chi connectivity index (χ0n) is 13.1. The summed E-state index contributed by atoms with van der Waals surface area (Å²) in [6, 6.07) is 6.10. The van der Waals surface area contributed by atoms with Gasteiger partial charge in [0.05, 0.1) is 0 Å². The van der Waals surface area contributed by atoms with E-state index in [9.17, 15) is 18.4 Å². The highest BCUT2D eigenvalue weighted by molar-refractivity contribution is 5.77. The Morgan fingerprint density at radius 3 is 2.35 bits per heavy atom. The van der Waals surface area contributed by atoms with Gasteiger partial charge in [0.15, 0.2) is 0 Å². The van der Waals surface area contributed by atoms with E-state index in [1.54, 1.807) is 26.0 Å². The van der Waals surface area contributed by atoms with Crippen molar-refractivity contribution in [2.24, 2.45) is 0 Å². The first-order chi connectivity index (χ1) is 10.7. The summed E-state index contributed by atoms with van der Waals surface area (Å²) in [6.45, 7) is 0.675. The first-order valence-corrected chi connectivity index (χ1v) is 7.24. The Labute approximate surface area is 133 Å². The molecule has 1 aromatic rings. The standard InChI is InChI=1S/C16H21F2NO4/c1-16(2,10-9-14(21)22)19-13(20)8-5-11-3-6-12(7-4-11)23-15(17)18/h3-4,6-7,15H,5,8-10H2,1-2H3,(H,19,20)(H,21,22). The predicted octanol–water partition coefficient (Wildman–Crippen LogP) is 2.98. The number of nitrogens with one attached hydrogen (secondary N) is 1. The van der Waals surface area contributed by atoms with Crippen LogP contribution in [0.3, 0.4) is 0 Å². The third kappa shape index (κ3) is 8.13. The van der Waals surface area contributed by atoms with Crippen LogP contribution in [0.1, 0.15) is 38.7 Å². The summed E-state index contributed by atoms with van der Waals surface area (Å²) in [6.07, 6.45) is 1.01. The normalized spacial score (nSPS) is 11.3. The zero-order chi connectivity index (χ0) is 17.5. The molecule has 0 bridgehead atoms. The highest BCUT2D eigenvalue weighted by Crippen LogP contribution is 2.16. The maximum Gasteiger partial charge on any atom is 0.387 e. The quantitative estimate of drug-likeness (QED) is 0.730. The van der Waals surface area contributed by atoms with E-state index >= 15 is 0 Å². The van der Waals surface area contributed by atoms with Crippen LogP contribution in [0.4, 0.5) is 8.78 Å². The van der Waals surface area contributed by atoms with Gasteiger partial charge in [-0.2, -0.15) is 8.78 Å². The van der Waals surface area contributed by atoms with E-state index in [1.807, 2.05) is 0 Å². The summed E-state index contributed by atoms with van der Waals surface area (Å²) in [5, 5.41) is 11.5. The first-order valence-electron chi connectivity index (χ1n) is 7.24. The summed E-state index contributed by atoms with van der Waals surface area (Å²) < 4.78 is 28.3. The molecule has 1 rings (SSSR count). The number of hydrogen-bond acceptors (Lipinski definition) is 3. The van der Waals surface area contributed by atoms with Gasteiger partial charge in [-0.15, -0.1) is 0 Å². The van der Waals surface area contributed by atoms with Gasteiger partial charge < -0.3 is 15.2 Å². The molecule has 2 N–H and O–H groups in total. The maximum atomic E-state index is 12.0. The first kappa shape index (κ1) is 18.9. The summed E-state index contributed by atoms with van der Waals surface area (Å²) in [4.78, 5) is 22.5. The fraction of sp³-hybridized carbons (Fsp3) is 0.500. The number of hydrogen-bond donors (Lipinski definition) is 2. The fourth-order valence-corrected chi connectivity index (χ4v) is 2.02. The molecule has 0 aliphatic rings. The molecule has 5 nitrogen and oxygen atoms in total. The van der Waals surface area contributed by atoms with Gasteiger partial charge in [0.25, 0.3) is 0 Å². The van der Waals surface area contributed by atoms with Crippen molar-refractivity contribution in [1.82, 2.24) is 5.32 Å². The molecule has 0 aliphatic heterocycles. The van der Waals surface area contributed by atoms with Crippen LogP contribution in [0.2, 0.25) is 0 Å². The van der Waals surface area contributed by atoms with Gasteiger partial charge in [0.1, 0.15) is 5.75 Å². The molecule has 0 heterocycles. The van der Waals surface area contributed by atoms with E-state index in [1.165, 1.54) is 12.1 Å². The van der Waals surface area contributed by atoms with E-state index in [0.717, 1.165) is 5.56 Å².